The number of benzene rings is 2. The molecule has 0 aliphatic carbocycles. The van der Waals surface area contributed by atoms with Gasteiger partial charge in [0.25, 0.3) is 11.8 Å². The van der Waals surface area contributed by atoms with Gasteiger partial charge in [-0.2, -0.15) is 13.2 Å². The number of nitrogens with one attached hydrogen (secondary N) is 3. The average Bonchev–Trinajstić information content (AvgIpc) is 3.35. The number of halogens is 5. The van der Waals surface area contributed by atoms with Crippen molar-refractivity contribution in [3.63, 3.8) is 0 Å². The molecule has 2 fully saturated rings. The lowest BCUT2D eigenvalue weighted by molar-refractivity contribution is -0.126. The summed E-state index contributed by atoms with van der Waals surface area (Å²) >= 11 is 6.41. The van der Waals surface area contributed by atoms with Gasteiger partial charge < -0.3 is 30.2 Å². The standard InChI is InChI=1S/C29H29ClF4N6O4/c1-39-21(19-4-5-22(44-29(33)34)24(32)23(19)31)14-36-25(39)27(42)38-17-2-3-18(20(30)10-17)28(43)40-8-6-16(7-9-40)26(41)37-13-15-11-35-12-15/h2-5,10,14-16,29,35H,6-9,11-13H2,1H3,(H,37,41)(H,38,42). The van der Waals surface area contributed by atoms with Crippen molar-refractivity contribution in [1.29, 1.82) is 0 Å². The van der Waals surface area contributed by atoms with Crippen LogP contribution in [0.3, 0.4) is 0 Å². The molecule has 3 N–H and O–H groups in total. The van der Waals surface area contributed by atoms with Gasteiger partial charge in [0.15, 0.2) is 17.4 Å². The Morgan fingerprint density at radius 1 is 1.11 bits per heavy atom. The number of carbonyl (C=O) groups is 3. The lowest BCUT2D eigenvalue weighted by Gasteiger charge is -2.32. The lowest BCUT2D eigenvalue weighted by atomic mass is 9.94. The molecule has 1 aromatic heterocycles. The van der Waals surface area contributed by atoms with Crippen molar-refractivity contribution >= 4 is 35.0 Å². The van der Waals surface area contributed by atoms with Crippen molar-refractivity contribution in [3.05, 3.63) is 64.6 Å². The fourth-order valence-electron chi connectivity index (χ4n) is 5.14. The summed E-state index contributed by atoms with van der Waals surface area (Å²) in [6.45, 7) is -0.0544. The molecule has 2 saturated heterocycles. The molecule has 3 heterocycles. The number of carbonyl (C=O) groups excluding carboxylic acids is 3. The van der Waals surface area contributed by atoms with E-state index in [9.17, 15) is 31.9 Å². The van der Waals surface area contributed by atoms with Crippen molar-refractivity contribution in [1.82, 2.24) is 25.1 Å². The summed E-state index contributed by atoms with van der Waals surface area (Å²) in [7, 11) is 1.39. The zero-order valence-corrected chi connectivity index (χ0v) is 24.3. The van der Waals surface area contributed by atoms with Crippen LogP contribution in [0.25, 0.3) is 11.3 Å². The fourth-order valence-corrected chi connectivity index (χ4v) is 5.40. The Balaban J connectivity index is 1.20. The minimum absolute atomic E-state index is 0.00559. The van der Waals surface area contributed by atoms with Gasteiger partial charge in [0.2, 0.25) is 11.7 Å². The number of imidazole rings is 1. The molecule has 0 atom stereocenters. The van der Waals surface area contributed by atoms with Gasteiger partial charge in [-0.15, -0.1) is 0 Å². The summed E-state index contributed by atoms with van der Waals surface area (Å²) in [6.07, 6.45) is 2.22. The van der Waals surface area contributed by atoms with E-state index < -0.39 is 29.9 Å². The normalized spacial score (nSPS) is 15.7. The maximum absolute atomic E-state index is 14.6. The number of piperidine rings is 1. The van der Waals surface area contributed by atoms with Crippen LogP contribution in [-0.2, 0) is 11.8 Å². The molecule has 0 radical (unpaired) electrons. The molecule has 0 saturated carbocycles. The van der Waals surface area contributed by atoms with Crippen LogP contribution in [0, 0.1) is 23.5 Å². The van der Waals surface area contributed by atoms with E-state index in [0.717, 1.165) is 31.4 Å². The smallest absolute Gasteiger partial charge is 0.387 e. The molecule has 0 spiro atoms. The van der Waals surface area contributed by atoms with E-state index in [-0.39, 0.29) is 51.1 Å². The van der Waals surface area contributed by atoms with Crippen molar-refractivity contribution in [2.45, 2.75) is 19.5 Å². The van der Waals surface area contributed by atoms with Gasteiger partial charge in [-0.25, -0.2) is 9.37 Å². The first-order valence-corrected chi connectivity index (χ1v) is 14.2. The Bertz CT molecular complexity index is 1570. The zero-order valence-electron chi connectivity index (χ0n) is 23.5. The van der Waals surface area contributed by atoms with Crippen molar-refractivity contribution in [2.75, 3.05) is 38.0 Å². The number of alkyl halides is 2. The Morgan fingerprint density at radius 2 is 1.84 bits per heavy atom. The summed E-state index contributed by atoms with van der Waals surface area (Å²) in [6, 6.07) is 6.27. The predicted octanol–water partition coefficient (Wildman–Crippen LogP) is 4.06. The van der Waals surface area contributed by atoms with E-state index in [4.69, 9.17) is 11.6 Å². The molecule has 5 rings (SSSR count). The van der Waals surface area contributed by atoms with E-state index in [1.165, 1.54) is 29.8 Å². The topological polar surface area (TPSA) is 118 Å². The second kappa shape index (κ2) is 13.2. The van der Waals surface area contributed by atoms with Crippen LogP contribution in [0.4, 0.5) is 23.2 Å². The van der Waals surface area contributed by atoms with Crippen LogP contribution in [0.5, 0.6) is 5.75 Å². The maximum Gasteiger partial charge on any atom is 0.387 e. The second-order valence-corrected chi connectivity index (χ2v) is 11.0. The Labute approximate surface area is 254 Å². The van der Waals surface area contributed by atoms with Crippen molar-refractivity contribution < 1.29 is 36.7 Å². The van der Waals surface area contributed by atoms with E-state index >= 15 is 0 Å². The van der Waals surface area contributed by atoms with E-state index in [2.05, 4.69) is 25.7 Å². The summed E-state index contributed by atoms with van der Waals surface area (Å²) in [4.78, 5) is 44.2. The van der Waals surface area contributed by atoms with Gasteiger partial charge >= 0.3 is 6.61 Å². The first-order valence-electron chi connectivity index (χ1n) is 13.9. The number of aromatic nitrogens is 2. The molecule has 44 heavy (non-hydrogen) atoms. The zero-order chi connectivity index (χ0) is 31.5. The molecular weight excluding hydrogens is 608 g/mol. The number of amides is 3. The molecule has 15 heteroatoms. The number of rotatable bonds is 9. The van der Waals surface area contributed by atoms with Crippen LogP contribution in [0.2, 0.25) is 5.02 Å². The number of hydrogen-bond acceptors (Lipinski definition) is 6. The summed E-state index contributed by atoms with van der Waals surface area (Å²) in [5, 5.41) is 8.87. The molecule has 2 aliphatic heterocycles. The third kappa shape index (κ3) is 6.65. The number of likely N-dealkylation sites (tertiary alicyclic amines) is 1. The van der Waals surface area contributed by atoms with E-state index in [0.29, 0.717) is 38.4 Å². The number of anilines is 1. The van der Waals surface area contributed by atoms with Gasteiger partial charge in [-0.1, -0.05) is 11.6 Å². The van der Waals surface area contributed by atoms with Crippen molar-refractivity contribution in [3.8, 4) is 17.0 Å². The summed E-state index contributed by atoms with van der Waals surface area (Å²) in [5.74, 6) is -4.84. The first-order chi connectivity index (χ1) is 21.0. The molecule has 2 aliphatic rings. The molecule has 2 aromatic carbocycles. The van der Waals surface area contributed by atoms with Crippen LogP contribution in [0.1, 0.15) is 33.8 Å². The predicted molar refractivity (Wildman–Crippen MR) is 153 cm³/mol. The number of nitrogens with zero attached hydrogens (tertiary/aromatic N) is 3. The lowest BCUT2D eigenvalue weighted by Crippen LogP contribution is -2.50. The largest absolute Gasteiger partial charge is 0.432 e. The van der Waals surface area contributed by atoms with E-state index in [1.807, 2.05) is 0 Å². The van der Waals surface area contributed by atoms with Gasteiger partial charge in [-0.05, 0) is 43.2 Å². The molecule has 3 amide bonds. The fraction of sp³-hybridized carbons (Fsp3) is 0.379. The van der Waals surface area contributed by atoms with Gasteiger partial charge in [0, 0.05) is 62.9 Å². The molecular formula is C29H29ClF4N6O4. The summed E-state index contributed by atoms with van der Waals surface area (Å²) in [5.41, 5.74) is 0.177. The van der Waals surface area contributed by atoms with Gasteiger partial charge in [0.1, 0.15) is 0 Å². The minimum Gasteiger partial charge on any atom is -0.432 e. The number of hydrogen-bond donors (Lipinski definition) is 3. The highest BCUT2D eigenvalue weighted by molar-refractivity contribution is 6.34. The first kappa shape index (κ1) is 31.3. The molecule has 0 bridgehead atoms. The maximum atomic E-state index is 14.6. The van der Waals surface area contributed by atoms with Gasteiger partial charge in [-0.3, -0.25) is 14.4 Å². The summed E-state index contributed by atoms with van der Waals surface area (Å²) < 4.78 is 58.9. The Kier molecular flexibility index (Phi) is 9.39. The Hall–Kier alpha value is -4.17. The highest BCUT2D eigenvalue weighted by Crippen LogP contribution is 2.31. The van der Waals surface area contributed by atoms with Crippen LogP contribution in [-0.4, -0.2) is 71.5 Å². The second-order valence-electron chi connectivity index (χ2n) is 10.6. The third-order valence-electron chi connectivity index (χ3n) is 7.77. The van der Waals surface area contributed by atoms with E-state index in [1.54, 1.807) is 4.90 Å². The van der Waals surface area contributed by atoms with Crippen LogP contribution >= 0.6 is 11.6 Å². The SMILES string of the molecule is Cn1c(-c2ccc(OC(F)F)c(F)c2F)cnc1C(=O)Nc1ccc(C(=O)N2CCC(C(=O)NCC3CNC3)CC2)c(Cl)c1. The highest BCUT2D eigenvalue weighted by atomic mass is 35.5. The van der Waals surface area contributed by atoms with Crippen LogP contribution < -0.4 is 20.7 Å². The minimum atomic E-state index is -3.33. The highest BCUT2D eigenvalue weighted by Gasteiger charge is 2.30. The molecule has 234 valence electrons. The molecule has 0 unspecified atom stereocenters. The average molecular weight is 637 g/mol. The van der Waals surface area contributed by atoms with Gasteiger partial charge in [0.05, 0.1) is 22.5 Å². The van der Waals surface area contributed by atoms with Crippen molar-refractivity contribution in [2.24, 2.45) is 18.9 Å². The third-order valence-corrected chi connectivity index (χ3v) is 8.08. The number of ether oxygens (including phenoxy) is 1. The van der Waals surface area contributed by atoms with Crippen LogP contribution in [0.15, 0.2) is 36.5 Å². The molecule has 10 nitrogen and oxygen atoms in total. The monoisotopic (exact) mass is 636 g/mol. The molecule has 3 aromatic rings. The quantitative estimate of drug-likeness (QED) is 0.305. The Morgan fingerprint density at radius 3 is 2.48 bits per heavy atom.